The van der Waals surface area contributed by atoms with Crippen molar-refractivity contribution in [1.82, 2.24) is 4.98 Å². The third kappa shape index (κ3) is 7.66. The highest BCUT2D eigenvalue weighted by Crippen LogP contribution is 2.31. The molecule has 36 heavy (non-hydrogen) atoms. The fourth-order valence-electron chi connectivity index (χ4n) is 3.74. The number of nitrogens with zero attached hydrogens (tertiary/aromatic N) is 1. The monoisotopic (exact) mass is 531 g/mol. The maximum atomic E-state index is 12.9. The number of benzene rings is 1. The fourth-order valence-corrected chi connectivity index (χ4v) is 5.46. The summed E-state index contributed by atoms with van der Waals surface area (Å²) in [5.41, 5.74) is 1.08. The number of esters is 1. The van der Waals surface area contributed by atoms with Gasteiger partial charge in [0, 0.05) is 16.0 Å². The minimum atomic E-state index is -0.978. The highest BCUT2D eigenvalue weighted by atomic mass is 32.2. The molecule has 1 aromatic carbocycles. The largest absolute Gasteiger partial charge is 0.481 e. The Morgan fingerprint density at radius 3 is 2.61 bits per heavy atom. The number of aliphatic carboxylic acids is 1. The topological polar surface area (TPSA) is 135 Å². The molecule has 0 saturated carbocycles. The minimum Gasteiger partial charge on any atom is -0.481 e. The first-order valence-corrected chi connectivity index (χ1v) is 13.4. The average Bonchev–Trinajstić information content (AvgIpc) is 3.29. The van der Waals surface area contributed by atoms with Crippen LogP contribution in [0.15, 0.2) is 46.7 Å². The number of thioether (sulfide) groups is 1. The quantitative estimate of drug-likeness (QED) is 0.221. The van der Waals surface area contributed by atoms with Gasteiger partial charge >= 0.3 is 11.9 Å². The second-order valence-corrected chi connectivity index (χ2v) is 10.3. The van der Waals surface area contributed by atoms with Crippen molar-refractivity contribution in [2.24, 2.45) is 11.8 Å². The summed E-state index contributed by atoms with van der Waals surface area (Å²) >= 11 is 2.60. The number of allylic oxidation sites excluding steroid dienone is 2. The third-order valence-electron chi connectivity index (χ3n) is 5.54. The molecule has 192 valence electrons. The smallest absolute Gasteiger partial charge is 0.311 e. The van der Waals surface area contributed by atoms with Crippen LogP contribution < -0.4 is 10.6 Å². The lowest BCUT2D eigenvalue weighted by Crippen LogP contribution is -2.34. The van der Waals surface area contributed by atoms with Crippen LogP contribution in [0.4, 0.5) is 10.8 Å². The summed E-state index contributed by atoms with van der Waals surface area (Å²) < 4.78 is 4.92. The average molecular weight is 532 g/mol. The number of nitrogens with one attached hydrogen (secondary N) is 2. The number of hydrogen-bond acceptors (Lipinski definition) is 8. The highest BCUT2D eigenvalue weighted by molar-refractivity contribution is 8.00. The second-order valence-electron chi connectivity index (χ2n) is 8.14. The summed E-state index contributed by atoms with van der Waals surface area (Å²) in [6, 6.07) is 7.13. The molecule has 3 unspecified atom stereocenters. The van der Waals surface area contributed by atoms with Crippen molar-refractivity contribution in [3.05, 3.63) is 47.5 Å². The van der Waals surface area contributed by atoms with Crippen molar-refractivity contribution < 1.29 is 29.0 Å². The Hall–Kier alpha value is -3.18. The Balaban J connectivity index is 1.60. The molecule has 2 aromatic rings. The first-order valence-electron chi connectivity index (χ1n) is 11.7. The number of carbonyl (C=O) groups excluding carboxylic acids is 3. The Bertz CT molecular complexity index is 1130. The molecule has 3 N–H and O–H groups in total. The summed E-state index contributed by atoms with van der Waals surface area (Å²) in [7, 11) is 0. The zero-order chi connectivity index (χ0) is 26.1. The molecule has 0 bridgehead atoms. The number of amides is 2. The van der Waals surface area contributed by atoms with Gasteiger partial charge in [-0.25, -0.2) is 4.98 Å². The summed E-state index contributed by atoms with van der Waals surface area (Å²) in [5, 5.41) is 16.8. The zero-order valence-corrected chi connectivity index (χ0v) is 21.7. The molecule has 0 spiro atoms. The SMILES string of the molecule is CCOC(=O)Cc1csc(NC(=O)C(CC)Sc2cccc(NC(=O)C3CC=CCC3C(=O)O)c2)n1. The first-order chi connectivity index (χ1) is 17.3. The van der Waals surface area contributed by atoms with Crippen molar-refractivity contribution in [3.8, 4) is 0 Å². The van der Waals surface area contributed by atoms with Crippen LogP contribution in [0.1, 0.15) is 38.8 Å². The van der Waals surface area contributed by atoms with E-state index in [9.17, 15) is 24.3 Å². The molecule has 3 atom stereocenters. The van der Waals surface area contributed by atoms with E-state index in [0.717, 1.165) is 4.90 Å². The Labute approximate surface area is 217 Å². The van der Waals surface area contributed by atoms with Crippen LogP contribution in [0.5, 0.6) is 0 Å². The standard InChI is InChI=1S/C25H29N3O6S2/c1-3-20(23(31)28-25-27-16(14-35-25)13-21(29)34-4-2)36-17-9-7-8-15(12-17)26-22(30)18-10-5-6-11-19(18)24(32)33/h5-9,12,14,18-20H,3-4,10-11,13H2,1-2H3,(H,26,30)(H,32,33)(H,27,28,31). The fraction of sp³-hybridized carbons (Fsp3) is 0.400. The summed E-state index contributed by atoms with van der Waals surface area (Å²) in [5.74, 6) is -3.27. The van der Waals surface area contributed by atoms with Gasteiger partial charge in [-0.3, -0.25) is 19.2 Å². The molecule has 1 heterocycles. The molecule has 0 saturated heterocycles. The number of aromatic nitrogens is 1. The highest BCUT2D eigenvalue weighted by Gasteiger charge is 2.34. The maximum Gasteiger partial charge on any atom is 0.311 e. The number of anilines is 2. The van der Waals surface area contributed by atoms with Gasteiger partial charge in [-0.1, -0.05) is 25.1 Å². The number of hydrogen-bond donors (Lipinski definition) is 3. The van der Waals surface area contributed by atoms with Crippen molar-refractivity contribution in [2.45, 2.75) is 49.7 Å². The molecule has 2 amide bonds. The van der Waals surface area contributed by atoms with Gasteiger partial charge in [-0.05, 0) is 44.4 Å². The number of carboxylic acid groups (broad SMARTS) is 1. The van der Waals surface area contributed by atoms with Crippen LogP contribution in [0.25, 0.3) is 0 Å². The Kier molecular flexibility index (Phi) is 10.1. The van der Waals surface area contributed by atoms with E-state index in [4.69, 9.17) is 4.74 Å². The van der Waals surface area contributed by atoms with Crippen LogP contribution >= 0.6 is 23.1 Å². The Morgan fingerprint density at radius 1 is 1.17 bits per heavy atom. The number of ether oxygens (including phenoxy) is 1. The molecule has 0 aliphatic heterocycles. The van der Waals surface area contributed by atoms with Gasteiger partial charge in [0.2, 0.25) is 11.8 Å². The van der Waals surface area contributed by atoms with Crippen LogP contribution in [0, 0.1) is 11.8 Å². The van der Waals surface area contributed by atoms with E-state index < -0.39 is 23.1 Å². The van der Waals surface area contributed by atoms with E-state index in [-0.39, 0.29) is 24.2 Å². The predicted octanol–water partition coefficient (Wildman–Crippen LogP) is 4.36. The van der Waals surface area contributed by atoms with Crippen molar-refractivity contribution in [1.29, 1.82) is 0 Å². The molecule has 3 rings (SSSR count). The molecule has 1 aromatic heterocycles. The van der Waals surface area contributed by atoms with Gasteiger partial charge in [-0.2, -0.15) is 0 Å². The number of thiazole rings is 1. The number of rotatable bonds is 11. The van der Waals surface area contributed by atoms with Gasteiger partial charge in [-0.15, -0.1) is 23.1 Å². The van der Waals surface area contributed by atoms with Crippen LogP contribution in [0.3, 0.4) is 0 Å². The summed E-state index contributed by atoms with van der Waals surface area (Å²) in [4.78, 5) is 53.9. The minimum absolute atomic E-state index is 0.0506. The van der Waals surface area contributed by atoms with Crippen LogP contribution in [0.2, 0.25) is 0 Å². The van der Waals surface area contributed by atoms with Crippen LogP contribution in [-0.2, 0) is 30.3 Å². The number of carbonyl (C=O) groups is 4. The molecule has 11 heteroatoms. The normalized spacial score (nSPS) is 17.7. The first kappa shape index (κ1) is 27.4. The lowest BCUT2D eigenvalue weighted by Gasteiger charge is -2.24. The van der Waals surface area contributed by atoms with Gasteiger partial charge in [0.15, 0.2) is 5.13 Å². The second kappa shape index (κ2) is 13.2. The van der Waals surface area contributed by atoms with Crippen LogP contribution in [-0.4, -0.2) is 45.7 Å². The van der Waals surface area contributed by atoms with E-state index in [0.29, 0.717) is 42.4 Å². The van der Waals surface area contributed by atoms with Gasteiger partial charge < -0.3 is 20.5 Å². The zero-order valence-electron chi connectivity index (χ0n) is 20.1. The van der Waals surface area contributed by atoms with E-state index in [1.54, 1.807) is 36.6 Å². The summed E-state index contributed by atoms with van der Waals surface area (Å²) in [6.07, 6.45) is 4.96. The number of carboxylic acids is 1. The van der Waals surface area contributed by atoms with Gasteiger partial charge in [0.25, 0.3) is 0 Å². The van der Waals surface area contributed by atoms with Gasteiger partial charge in [0.05, 0.1) is 35.8 Å². The Morgan fingerprint density at radius 2 is 1.92 bits per heavy atom. The molecular formula is C25H29N3O6S2. The van der Waals surface area contributed by atoms with Gasteiger partial charge in [0.1, 0.15) is 0 Å². The predicted molar refractivity (Wildman–Crippen MR) is 139 cm³/mol. The van der Waals surface area contributed by atoms with Crippen molar-refractivity contribution in [2.75, 3.05) is 17.2 Å². The van der Waals surface area contributed by atoms with E-state index in [2.05, 4.69) is 15.6 Å². The third-order valence-corrected chi connectivity index (χ3v) is 7.71. The maximum absolute atomic E-state index is 12.9. The molecule has 0 radical (unpaired) electrons. The molecule has 1 aliphatic carbocycles. The van der Waals surface area contributed by atoms with Crippen molar-refractivity contribution >= 4 is 57.7 Å². The molecular weight excluding hydrogens is 502 g/mol. The molecule has 1 aliphatic rings. The molecule has 9 nitrogen and oxygen atoms in total. The van der Waals surface area contributed by atoms with E-state index in [1.165, 1.54) is 23.1 Å². The summed E-state index contributed by atoms with van der Waals surface area (Å²) in [6.45, 7) is 3.94. The lowest BCUT2D eigenvalue weighted by molar-refractivity contribution is -0.146. The lowest BCUT2D eigenvalue weighted by atomic mass is 9.82. The van der Waals surface area contributed by atoms with Crippen molar-refractivity contribution in [3.63, 3.8) is 0 Å². The van der Waals surface area contributed by atoms with E-state index >= 15 is 0 Å². The van der Waals surface area contributed by atoms with E-state index in [1.807, 2.05) is 19.1 Å². The molecule has 0 fully saturated rings.